The van der Waals surface area contributed by atoms with E-state index in [2.05, 4.69) is 5.32 Å². The summed E-state index contributed by atoms with van der Waals surface area (Å²) in [6.45, 7) is 0.762. The van der Waals surface area contributed by atoms with Gasteiger partial charge in [-0.1, -0.05) is 54.1 Å². The second-order valence-corrected chi connectivity index (χ2v) is 11.3. The van der Waals surface area contributed by atoms with Gasteiger partial charge in [-0.2, -0.15) is 5.10 Å². The summed E-state index contributed by atoms with van der Waals surface area (Å²) in [6.07, 6.45) is 0.657. The van der Waals surface area contributed by atoms with Crippen molar-refractivity contribution in [3.05, 3.63) is 88.9 Å². The summed E-state index contributed by atoms with van der Waals surface area (Å²) in [5.41, 5.74) is 3.70. The summed E-state index contributed by atoms with van der Waals surface area (Å²) >= 11 is 8.18. The Labute approximate surface area is 260 Å². The highest BCUT2D eigenvalue weighted by molar-refractivity contribution is 8.00. The first-order valence-electron chi connectivity index (χ1n) is 13.8. The van der Waals surface area contributed by atoms with E-state index in [4.69, 9.17) is 30.9 Å². The molecule has 4 aromatic rings. The average molecular weight is 621 g/mol. The number of nitrogens with zero attached hydrogens (tertiary/aromatic N) is 3. The van der Waals surface area contributed by atoms with Crippen molar-refractivity contribution in [3.8, 4) is 28.4 Å². The molecule has 11 heteroatoms. The molecule has 0 unspecified atom stereocenters. The highest BCUT2D eigenvalue weighted by Crippen LogP contribution is 2.51. The topological polar surface area (TPSA) is 94.9 Å². The van der Waals surface area contributed by atoms with E-state index >= 15 is 0 Å². The third kappa shape index (κ3) is 6.51. The zero-order valence-corrected chi connectivity index (χ0v) is 25.8. The molecule has 0 saturated heterocycles. The lowest BCUT2D eigenvalue weighted by Crippen LogP contribution is -2.42. The monoisotopic (exact) mass is 620 g/mol. The first kappa shape index (κ1) is 30.5. The van der Waals surface area contributed by atoms with E-state index in [1.54, 1.807) is 32.1 Å². The van der Waals surface area contributed by atoms with Crippen molar-refractivity contribution in [3.63, 3.8) is 0 Å². The molecule has 0 fully saturated rings. The van der Waals surface area contributed by atoms with Crippen molar-refractivity contribution < 1.29 is 23.8 Å². The summed E-state index contributed by atoms with van der Waals surface area (Å²) in [6, 6.07) is 22.7. The number of aromatic nitrogens is 2. The molecular weight excluding hydrogens is 588 g/mol. The number of nitrogens with one attached hydrogen (secondary N) is 1. The number of methoxy groups -OCH3 is 3. The van der Waals surface area contributed by atoms with Gasteiger partial charge in [0.05, 0.1) is 41.6 Å². The Morgan fingerprint density at radius 2 is 1.81 bits per heavy atom. The van der Waals surface area contributed by atoms with Crippen molar-refractivity contribution in [1.82, 2.24) is 15.1 Å². The Hall–Kier alpha value is -3.99. The van der Waals surface area contributed by atoms with Crippen LogP contribution in [0.2, 0.25) is 5.02 Å². The van der Waals surface area contributed by atoms with Crippen molar-refractivity contribution in [2.75, 3.05) is 51.7 Å². The van der Waals surface area contributed by atoms with Crippen molar-refractivity contribution in [2.45, 2.75) is 11.7 Å². The Morgan fingerprint density at radius 3 is 2.53 bits per heavy atom. The molecule has 1 N–H and O–H groups in total. The molecule has 2 heterocycles. The molecule has 1 atom stereocenters. The Bertz CT molecular complexity index is 1600. The fraction of sp³-hybridized carbons (Fsp3) is 0.281. The third-order valence-corrected chi connectivity index (χ3v) is 8.64. The van der Waals surface area contributed by atoms with Crippen molar-refractivity contribution in [2.24, 2.45) is 0 Å². The number of para-hydroxylation sites is 1. The lowest BCUT2D eigenvalue weighted by Gasteiger charge is -2.24. The normalized spacial score (nSPS) is 14.7. The van der Waals surface area contributed by atoms with Gasteiger partial charge in [0.2, 0.25) is 11.8 Å². The van der Waals surface area contributed by atoms with Crippen LogP contribution in [0.15, 0.2) is 72.8 Å². The number of amides is 2. The lowest BCUT2D eigenvalue weighted by molar-refractivity contribution is -0.122. The molecule has 2 amide bonds. The van der Waals surface area contributed by atoms with Crippen LogP contribution in [-0.4, -0.2) is 68.4 Å². The number of halogens is 1. The van der Waals surface area contributed by atoms with Crippen LogP contribution in [0.3, 0.4) is 0 Å². The summed E-state index contributed by atoms with van der Waals surface area (Å²) in [5, 5.41) is 8.06. The van der Waals surface area contributed by atoms with Crippen LogP contribution < -0.4 is 19.7 Å². The first-order chi connectivity index (χ1) is 21.0. The molecule has 5 rings (SSSR count). The molecule has 224 valence electrons. The minimum atomic E-state index is -0.398. The predicted molar refractivity (Wildman–Crippen MR) is 170 cm³/mol. The van der Waals surface area contributed by atoms with Crippen molar-refractivity contribution >= 4 is 41.0 Å². The van der Waals surface area contributed by atoms with Gasteiger partial charge in [0.1, 0.15) is 23.9 Å². The van der Waals surface area contributed by atoms with Gasteiger partial charge in [-0.15, -0.1) is 11.8 Å². The highest BCUT2D eigenvalue weighted by atomic mass is 35.5. The van der Waals surface area contributed by atoms with Gasteiger partial charge in [0.15, 0.2) is 0 Å². The molecule has 0 spiro atoms. The second-order valence-electron chi connectivity index (χ2n) is 9.79. The minimum absolute atomic E-state index is 0.118. The second kappa shape index (κ2) is 14.0. The van der Waals surface area contributed by atoms with E-state index < -0.39 is 5.25 Å². The summed E-state index contributed by atoms with van der Waals surface area (Å²) in [5.74, 6) is 1.38. The van der Waals surface area contributed by atoms with E-state index in [1.807, 2.05) is 66.7 Å². The van der Waals surface area contributed by atoms with Gasteiger partial charge in [-0.3, -0.25) is 14.5 Å². The largest absolute Gasteiger partial charge is 0.497 e. The van der Waals surface area contributed by atoms with Crippen LogP contribution in [-0.2, 0) is 14.3 Å². The number of fused-ring (bicyclic) bond motifs is 1. The molecule has 43 heavy (non-hydrogen) atoms. The third-order valence-electron chi connectivity index (χ3n) is 7.09. The van der Waals surface area contributed by atoms with E-state index in [0.717, 1.165) is 16.7 Å². The van der Waals surface area contributed by atoms with Crippen LogP contribution >= 0.6 is 23.4 Å². The van der Waals surface area contributed by atoms with Crippen LogP contribution in [0.5, 0.6) is 11.5 Å². The highest BCUT2D eigenvalue weighted by Gasteiger charge is 2.39. The maximum Gasteiger partial charge on any atom is 0.240 e. The first-order valence-corrected chi connectivity index (χ1v) is 15.2. The molecule has 1 aliphatic heterocycles. The van der Waals surface area contributed by atoms with Crippen molar-refractivity contribution in [1.29, 1.82) is 0 Å². The molecule has 9 nitrogen and oxygen atoms in total. The van der Waals surface area contributed by atoms with Crippen LogP contribution in [0.25, 0.3) is 16.9 Å². The van der Waals surface area contributed by atoms with E-state index in [-0.39, 0.29) is 24.1 Å². The van der Waals surface area contributed by atoms with E-state index in [9.17, 15) is 9.59 Å². The lowest BCUT2D eigenvalue weighted by atomic mass is 9.98. The van der Waals surface area contributed by atoms with Crippen LogP contribution in [0, 0.1) is 0 Å². The van der Waals surface area contributed by atoms with Gasteiger partial charge < -0.3 is 19.5 Å². The summed E-state index contributed by atoms with van der Waals surface area (Å²) in [4.78, 5) is 28.7. The van der Waals surface area contributed by atoms with E-state index in [0.29, 0.717) is 53.3 Å². The molecular formula is C32H33ClN4O5S. The maximum atomic E-state index is 13.9. The van der Waals surface area contributed by atoms with Gasteiger partial charge in [0.25, 0.3) is 0 Å². The smallest absolute Gasteiger partial charge is 0.240 e. The standard InChI is InChI=1S/C32H33ClN4O5S/c1-40-17-9-16-34-27(38)19-36-28(39)20-43-31(23-18-22(41-2)14-15-26(23)42-3)29-30(21-10-5-4-6-11-21)35-37(32(29)36)25-13-8-7-12-24(25)33/h4-8,10-15,18,31H,9,16-17,19-20H2,1-3H3,(H,34,38)/t31-/m1/s1. The number of rotatable bonds is 11. The number of carbonyl (C=O) groups is 2. The molecule has 1 aromatic heterocycles. The predicted octanol–water partition coefficient (Wildman–Crippen LogP) is 5.53. The Kier molecular flexibility index (Phi) is 9.91. The molecule has 1 aliphatic rings. The summed E-state index contributed by atoms with van der Waals surface area (Å²) in [7, 11) is 4.84. The average Bonchev–Trinajstić information content (AvgIpc) is 3.35. The van der Waals surface area contributed by atoms with Gasteiger partial charge in [0, 0.05) is 37.0 Å². The fourth-order valence-corrected chi connectivity index (χ4v) is 6.48. The molecule has 3 aromatic carbocycles. The summed E-state index contributed by atoms with van der Waals surface area (Å²) < 4.78 is 18.2. The fourth-order valence-electron chi connectivity index (χ4n) is 5.05. The SMILES string of the molecule is COCCCNC(=O)CN1C(=O)CS[C@H](c2cc(OC)ccc2OC)c2c(-c3ccccc3)nn(-c3ccccc3Cl)c21. The van der Waals surface area contributed by atoms with Gasteiger partial charge in [-0.05, 0) is 36.8 Å². The number of anilines is 1. The number of carbonyl (C=O) groups excluding carboxylic acids is 2. The Morgan fingerprint density at radius 1 is 1.05 bits per heavy atom. The number of hydrogen-bond acceptors (Lipinski definition) is 7. The zero-order valence-electron chi connectivity index (χ0n) is 24.2. The number of benzene rings is 3. The van der Waals surface area contributed by atoms with Crippen LogP contribution in [0.4, 0.5) is 5.82 Å². The van der Waals surface area contributed by atoms with Gasteiger partial charge >= 0.3 is 0 Å². The number of thioether (sulfide) groups is 1. The minimum Gasteiger partial charge on any atom is -0.497 e. The molecule has 0 radical (unpaired) electrons. The van der Waals surface area contributed by atoms with Crippen LogP contribution in [0.1, 0.15) is 22.8 Å². The maximum absolute atomic E-state index is 13.9. The quantitative estimate of drug-likeness (QED) is 0.220. The number of hydrogen-bond donors (Lipinski definition) is 1. The number of ether oxygens (including phenoxy) is 3. The molecule has 0 aliphatic carbocycles. The van der Waals surface area contributed by atoms with Gasteiger partial charge in [-0.25, -0.2) is 4.68 Å². The Balaban J connectivity index is 1.76. The van der Waals surface area contributed by atoms with E-state index in [1.165, 1.54) is 16.7 Å². The molecule has 0 bridgehead atoms. The molecule has 0 saturated carbocycles. The zero-order chi connectivity index (χ0) is 30.3.